The van der Waals surface area contributed by atoms with Crippen LogP contribution >= 0.6 is 0 Å². The molecule has 0 N–H and O–H groups in total. The van der Waals surface area contributed by atoms with Crippen molar-refractivity contribution in [1.82, 2.24) is 0 Å². The van der Waals surface area contributed by atoms with Gasteiger partial charge in [-0.05, 0) is 5.56 Å². The molecule has 0 aromatic heterocycles. The molecule has 0 saturated carbocycles. The second-order valence-corrected chi connectivity index (χ2v) is 9.80. The van der Waals surface area contributed by atoms with Crippen molar-refractivity contribution in [3.63, 3.8) is 0 Å². The van der Waals surface area contributed by atoms with E-state index in [-0.39, 0.29) is 5.97 Å². The smallest absolute Gasteiger partial charge is 0.302 e. The molecule has 1 rings (SSSR count). The minimum atomic E-state index is -1.21. The van der Waals surface area contributed by atoms with Crippen LogP contribution in [-0.2, 0) is 16.1 Å². The molecule has 3 heteroatoms. The molecule has 2 nitrogen and oxygen atoms in total. The van der Waals surface area contributed by atoms with Gasteiger partial charge in [-0.25, -0.2) is 0 Å². The van der Waals surface area contributed by atoms with E-state index < -0.39 is 8.07 Å². The summed E-state index contributed by atoms with van der Waals surface area (Å²) in [5, 5.41) is 1.43. The van der Waals surface area contributed by atoms with Crippen molar-refractivity contribution in [1.29, 1.82) is 0 Å². The van der Waals surface area contributed by atoms with Crippen LogP contribution in [0.15, 0.2) is 24.3 Å². The van der Waals surface area contributed by atoms with E-state index in [2.05, 4.69) is 31.8 Å². The molecule has 0 aliphatic heterocycles. The molecule has 0 fully saturated rings. The zero-order chi connectivity index (χ0) is 11.5. The van der Waals surface area contributed by atoms with Gasteiger partial charge >= 0.3 is 5.97 Å². The predicted molar refractivity (Wildman–Crippen MR) is 64.9 cm³/mol. The van der Waals surface area contributed by atoms with Gasteiger partial charge in [-0.3, -0.25) is 4.79 Å². The highest BCUT2D eigenvalue weighted by Crippen LogP contribution is 2.05. The number of hydrogen-bond acceptors (Lipinski definition) is 2. The summed E-state index contributed by atoms with van der Waals surface area (Å²) in [7, 11) is -1.21. The molecule has 1 aromatic rings. The summed E-state index contributed by atoms with van der Waals surface area (Å²) in [6.45, 7) is 8.74. The Labute approximate surface area is 92.3 Å². The largest absolute Gasteiger partial charge is 0.461 e. The van der Waals surface area contributed by atoms with E-state index in [9.17, 15) is 4.79 Å². The van der Waals surface area contributed by atoms with Gasteiger partial charge in [0.05, 0.1) is 8.07 Å². The number of ether oxygens (including phenoxy) is 1. The van der Waals surface area contributed by atoms with E-state index in [1.54, 1.807) is 0 Å². The van der Waals surface area contributed by atoms with Crippen LogP contribution in [0.5, 0.6) is 0 Å². The first-order valence-electron chi connectivity index (χ1n) is 5.12. The SMILES string of the molecule is CC(=O)OCc1ccc([Si](C)(C)C)cc1. The summed E-state index contributed by atoms with van der Waals surface area (Å²) in [5.74, 6) is -0.232. The predicted octanol–water partition coefficient (Wildman–Crippen LogP) is 2.29. The van der Waals surface area contributed by atoms with Crippen LogP contribution in [0.1, 0.15) is 12.5 Å². The highest BCUT2D eigenvalue weighted by atomic mass is 28.3. The Morgan fingerprint density at radius 2 is 1.73 bits per heavy atom. The van der Waals surface area contributed by atoms with E-state index in [1.807, 2.05) is 12.1 Å². The maximum Gasteiger partial charge on any atom is 0.302 e. The molecular formula is C12H18O2Si. The average Bonchev–Trinajstić information content (AvgIpc) is 2.14. The molecule has 1 aromatic carbocycles. The first kappa shape index (κ1) is 12.0. The van der Waals surface area contributed by atoms with Crippen molar-refractivity contribution in [2.45, 2.75) is 33.2 Å². The minimum Gasteiger partial charge on any atom is -0.461 e. The molecule has 0 aliphatic rings. The summed E-state index contributed by atoms with van der Waals surface area (Å²) >= 11 is 0. The van der Waals surface area contributed by atoms with Crippen molar-refractivity contribution in [2.75, 3.05) is 0 Å². The van der Waals surface area contributed by atoms with E-state index in [4.69, 9.17) is 4.74 Å². The lowest BCUT2D eigenvalue weighted by molar-refractivity contribution is -0.142. The second kappa shape index (κ2) is 4.62. The summed E-state index contributed by atoms with van der Waals surface area (Å²) in [4.78, 5) is 10.6. The maximum atomic E-state index is 10.6. The lowest BCUT2D eigenvalue weighted by atomic mass is 10.2. The van der Waals surface area contributed by atoms with Gasteiger partial charge in [0.25, 0.3) is 0 Å². The normalized spacial score (nSPS) is 11.2. The van der Waals surface area contributed by atoms with Crippen molar-refractivity contribution in [3.8, 4) is 0 Å². The first-order valence-corrected chi connectivity index (χ1v) is 8.62. The van der Waals surface area contributed by atoms with Crippen LogP contribution in [0.25, 0.3) is 0 Å². The fourth-order valence-corrected chi connectivity index (χ4v) is 2.45. The fourth-order valence-electron chi connectivity index (χ4n) is 1.29. The topological polar surface area (TPSA) is 26.3 Å². The Kier molecular flexibility index (Phi) is 3.69. The molecule has 0 amide bonds. The molecule has 0 atom stereocenters. The lowest BCUT2D eigenvalue weighted by Crippen LogP contribution is -2.37. The Morgan fingerprint density at radius 1 is 1.20 bits per heavy atom. The monoisotopic (exact) mass is 222 g/mol. The van der Waals surface area contributed by atoms with Gasteiger partial charge < -0.3 is 4.74 Å². The highest BCUT2D eigenvalue weighted by Gasteiger charge is 2.15. The van der Waals surface area contributed by atoms with Crippen molar-refractivity contribution < 1.29 is 9.53 Å². The van der Waals surface area contributed by atoms with Gasteiger partial charge in [0.1, 0.15) is 6.61 Å². The zero-order valence-electron chi connectivity index (χ0n) is 9.83. The average molecular weight is 222 g/mol. The Morgan fingerprint density at radius 3 is 2.13 bits per heavy atom. The number of hydrogen-bond donors (Lipinski definition) is 0. The fraction of sp³-hybridized carbons (Fsp3) is 0.417. The van der Waals surface area contributed by atoms with E-state index >= 15 is 0 Å². The quantitative estimate of drug-likeness (QED) is 0.579. The van der Waals surface area contributed by atoms with Gasteiger partial charge in [0, 0.05) is 6.92 Å². The zero-order valence-corrected chi connectivity index (χ0v) is 10.8. The number of esters is 1. The van der Waals surface area contributed by atoms with Gasteiger partial charge in [0.2, 0.25) is 0 Å². The summed E-state index contributed by atoms with van der Waals surface area (Å²) in [6, 6.07) is 8.36. The van der Waals surface area contributed by atoms with Crippen LogP contribution in [0, 0.1) is 0 Å². The third-order valence-electron chi connectivity index (χ3n) is 2.26. The standard InChI is InChI=1S/C12H18O2Si/c1-10(13)14-9-11-5-7-12(8-6-11)15(2,3)4/h5-8H,9H2,1-4H3. The van der Waals surface area contributed by atoms with Crippen LogP contribution in [0.3, 0.4) is 0 Å². The Hall–Kier alpha value is -1.09. The summed E-state index contributed by atoms with van der Waals surface area (Å²) < 4.78 is 4.93. The molecule has 0 unspecified atom stereocenters. The molecule has 0 heterocycles. The lowest BCUT2D eigenvalue weighted by Gasteiger charge is -2.16. The van der Waals surface area contributed by atoms with Gasteiger partial charge in [-0.1, -0.05) is 49.1 Å². The van der Waals surface area contributed by atoms with E-state index in [1.165, 1.54) is 12.1 Å². The molecule has 0 spiro atoms. The van der Waals surface area contributed by atoms with Gasteiger partial charge in [-0.2, -0.15) is 0 Å². The number of benzene rings is 1. The molecule has 82 valence electrons. The van der Waals surface area contributed by atoms with Crippen LogP contribution in [0.4, 0.5) is 0 Å². The van der Waals surface area contributed by atoms with Crippen molar-refractivity contribution in [2.24, 2.45) is 0 Å². The molecule has 0 bridgehead atoms. The van der Waals surface area contributed by atoms with Crippen LogP contribution in [0.2, 0.25) is 19.6 Å². The Bertz CT molecular complexity index is 336. The maximum absolute atomic E-state index is 10.6. The van der Waals surface area contributed by atoms with E-state index in [0.29, 0.717) is 6.61 Å². The van der Waals surface area contributed by atoms with Crippen LogP contribution < -0.4 is 5.19 Å². The highest BCUT2D eigenvalue weighted by molar-refractivity contribution is 6.88. The van der Waals surface area contributed by atoms with Crippen LogP contribution in [-0.4, -0.2) is 14.0 Å². The number of rotatable bonds is 3. The third-order valence-corrected chi connectivity index (χ3v) is 4.33. The van der Waals surface area contributed by atoms with E-state index in [0.717, 1.165) is 5.56 Å². The van der Waals surface area contributed by atoms with Crippen molar-refractivity contribution >= 4 is 19.2 Å². The van der Waals surface area contributed by atoms with Gasteiger partial charge in [0.15, 0.2) is 0 Å². The number of carbonyl (C=O) groups is 1. The summed E-state index contributed by atoms with van der Waals surface area (Å²) in [5.41, 5.74) is 1.05. The summed E-state index contributed by atoms with van der Waals surface area (Å²) in [6.07, 6.45) is 0. The number of carbonyl (C=O) groups excluding carboxylic acids is 1. The third kappa shape index (κ3) is 3.87. The first-order chi connectivity index (χ1) is 6.89. The molecule has 15 heavy (non-hydrogen) atoms. The molecule has 0 saturated heterocycles. The molecule has 0 aliphatic carbocycles. The second-order valence-electron chi connectivity index (χ2n) is 4.73. The molecule has 0 radical (unpaired) electrons. The minimum absolute atomic E-state index is 0.232. The molecular weight excluding hydrogens is 204 g/mol. The van der Waals surface area contributed by atoms with Gasteiger partial charge in [-0.15, -0.1) is 0 Å². The Balaban J connectivity index is 2.69. The van der Waals surface area contributed by atoms with Crippen molar-refractivity contribution in [3.05, 3.63) is 29.8 Å².